The van der Waals surface area contributed by atoms with Crippen LogP contribution in [0.3, 0.4) is 0 Å². The van der Waals surface area contributed by atoms with Gasteiger partial charge in [0, 0.05) is 42.2 Å². The van der Waals surface area contributed by atoms with Crippen LogP contribution in [0.25, 0.3) is 0 Å². The van der Waals surface area contributed by atoms with Crippen LogP contribution < -0.4 is 5.32 Å². The van der Waals surface area contributed by atoms with Crippen LogP contribution in [-0.4, -0.2) is 35.5 Å². The maximum Gasteiger partial charge on any atom is 0.127 e. The highest BCUT2D eigenvalue weighted by Crippen LogP contribution is 2.26. The van der Waals surface area contributed by atoms with Crippen LogP contribution >= 0.6 is 11.8 Å². The molecule has 2 atom stereocenters. The second-order valence-electron chi connectivity index (χ2n) is 5.24. The van der Waals surface area contributed by atoms with Gasteiger partial charge in [-0.2, -0.15) is 11.8 Å². The molecule has 1 aromatic rings. The van der Waals surface area contributed by atoms with Crippen molar-refractivity contribution in [2.24, 2.45) is 0 Å². The molecule has 1 aliphatic rings. The number of hydrogen-bond acceptors (Lipinski definition) is 3. The molecule has 0 saturated carbocycles. The van der Waals surface area contributed by atoms with E-state index in [4.69, 9.17) is 0 Å². The monoisotopic (exact) mass is 282 g/mol. The highest BCUT2D eigenvalue weighted by atomic mass is 32.2. The van der Waals surface area contributed by atoms with Gasteiger partial charge in [-0.05, 0) is 25.6 Å². The highest BCUT2D eigenvalue weighted by Gasteiger charge is 2.25. The number of thioether (sulfide) groups is 1. The van der Waals surface area contributed by atoms with Crippen LogP contribution in [0.1, 0.15) is 25.0 Å². The zero-order valence-corrected chi connectivity index (χ0v) is 12.8. The van der Waals surface area contributed by atoms with E-state index in [1.807, 2.05) is 30.9 Å². The molecule has 1 fully saturated rings. The standard InChI is InChI=1S/C15H23FN2S/c1-11-12(2)19-7-6-18(11)10-14-8-13(9-17-3)4-5-15(14)16/h4-5,8,11-12,17H,6-7,9-10H2,1-3H3. The lowest BCUT2D eigenvalue weighted by Gasteiger charge is -2.37. The van der Waals surface area contributed by atoms with Gasteiger partial charge in [-0.3, -0.25) is 4.90 Å². The number of nitrogens with one attached hydrogen (secondary N) is 1. The summed E-state index contributed by atoms with van der Waals surface area (Å²) in [5, 5.41) is 3.73. The average Bonchev–Trinajstić information content (AvgIpc) is 2.39. The number of hydrogen-bond donors (Lipinski definition) is 1. The molecule has 1 heterocycles. The van der Waals surface area contributed by atoms with Gasteiger partial charge >= 0.3 is 0 Å². The average molecular weight is 282 g/mol. The third-order valence-electron chi connectivity index (χ3n) is 3.88. The lowest BCUT2D eigenvalue weighted by Crippen LogP contribution is -2.44. The van der Waals surface area contributed by atoms with Gasteiger partial charge in [-0.1, -0.05) is 19.1 Å². The van der Waals surface area contributed by atoms with E-state index >= 15 is 0 Å². The van der Waals surface area contributed by atoms with Crippen molar-refractivity contribution in [2.75, 3.05) is 19.3 Å². The molecule has 2 unspecified atom stereocenters. The van der Waals surface area contributed by atoms with Crippen molar-refractivity contribution in [3.63, 3.8) is 0 Å². The highest BCUT2D eigenvalue weighted by molar-refractivity contribution is 8.00. The van der Waals surface area contributed by atoms with Crippen molar-refractivity contribution in [3.8, 4) is 0 Å². The summed E-state index contributed by atoms with van der Waals surface area (Å²) in [4.78, 5) is 2.39. The van der Waals surface area contributed by atoms with E-state index in [9.17, 15) is 4.39 Å². The molecule has 106 valence electrons. The predicted octanol–water partition coefficient (Wildman–Crippen LogP) is 2.87. The molecule has 0 aliphatic carbocycles. The molecule has 0 aromatic heterocycles. The molecule has 2 nitrogen and oxygen atoms in total. The Labute approximate surface area is 119 Å². The first-order valence-corrected chi connectivity index (χ1v) is 7.94. The van der Waals surface area contributed by atoms with Gasteiger partial charge in [0.2, 0.25) is 0 Å². The largest absolute Gasteiger partial charge is 0.316 e. The van der Waals surface area contributed by atoms with Crippen molar-refractivity contribution in [1.29, 1.82) is 0 Å². The zero-order valence-electron chi connectivity index (χ0n) is 11.9. The first-order valence-electron chi connectivity index (χ1n) is 6.89. The summed E-state index contributed by atoms with van der Waals surface area (Å²) in [6, 6.07) is 5.94. The van der Waals surface area contributed by atoms with Crippen LogP contribution in [0.4, 0.5) is 4.39 Å². The molecule has 1 aliphatic heterocycles. The Morgan fingerprint density at radius 1 is 1.42 bits per heavy atom. The summed E-state index contributed by atoms with van der Waals surface area (Å²) in [5.41, 5.74) is 1.96. The number of halogens is 1. The first-order chi connectivity index (χ1) is 9.11. The van der Waals surface area contributed by atoms with Gasteiger partial charge in [-0.15, -0.1) is 0 Å². The van der Waals surface area contributed by atoms with E-state index in [1.165, 1.54) is 0 Å². The Bertz CT molecular complexity index is 425. The fourth-order valence-corrected chi connectivity index (χ4v) is 3.66. The summed E-state index contributed by atoms with van der Waals surface area (Å²) >= 11 is 2.01. The van der Waals surface area contributed by atoms with Crippen molar-refractivity contribution >= 4 is 11.8 Å². The predicted molar refractivity (Wildman–Crippen MR) is 81.0 cm³/mol. The molecule has 0 amide bonds. The second-order valence-corrected chi connectivity index (χ2v) is 6.73. The van der Waals surface area contributed by atoms with Crippen LogP contribution in [0.5, 0.6) is 0 Å². The molecule has 1 aromatic carbocycles. The lowest BCUT2D eigenvalue weighted by atomic mass is 10.1. The van der Waals surface area contributed by atoms with Gasteiger partial charge < -0.3 is 5.32 Å². The SMILES string of the molecule is CNCc1ccc(F)c(CN2CCSC(C)C2C)c1. The molecular weight excluding hydrogens is 259 g/mol. The summed E-state index contributed by atoms with van der Waals surface area (Å²) in [5.74, 6) is 1.06. The Hall–Kier alpha value is -0.580. The van der Waals surface area contributed by atoms with E-state index in [1.54, 1.807) is 6.07 Å². The minimum absolute atomic E-state index is 0.0852. The molecule has 2 rings (SSSR count). The van der Waals surface area contributed by atoms with E-state index < -0.39 is 0 Å². The van der Waals surface area contributed by atoms with Crippen molar-refractivity contribution in [2.45, 2.75) is 38.2 Å². The molecule has 19 heavy (non-hydrogen) atoms. The van der Waals surface area contributed by atoms with Crippen molar-refractivity contribution in [3.05, 3.63) is 35.1 Å². The number of nitrogens with zero attached hydrogens (tertiary/aromatic N) is 1. The maximum absolute atomic E-state index is 13.9. The van der Waals surface area contributed by atoms with Gasteiger partial charge in [0.1, 0.15) is 5.82 Å². The van der Waals surface area contributed by atoms with E-state index in [-0.39, 0.29) is 5.82 Å². The molecule has 1 N–H and O–H groups in total. The van der Waals surface area contributed by atoms with E-state index in [0.29, 0.717) is 11.3 Å². The fraction of sp³-hybridized carbons (Fsp3) is 0.600. The Morgan fingerprint density at radius 2 is 2.21 bits per heavy atom. The minimum Gasteiger partial charge on any atom is -0.316 e. The maximum atomic E-state index is 13.9. The third kappa shape index (κ3) is 3.71. The summed E-state index contributed by atoms with van der Waals surface area (Å²) in [6.45, 7) is 7.05. The van der Waals surface area contributed by atoms with Gasteiger partial charge in [0.25, 0.3) is 0 Å². The van der Waals surface area contributed by atoms with Crippen LogP contribution in [0.2, 0.25) is 0 Å². The number of benzene rings is 1. The molecule has 1 saturated heterocycles. The Balaban J connectivity index is 2.11. The summed E-state index contributed by atoms with van der Waals surface area (Å²) in [6.07, 6.45) is 0. The topological polar surface area (TPSA) is 15.3 Å². The lowest BCUT2D eigenvalue weighted by molar-refractivity contribution is 0.202. The quantitative estimate of drug-likeness (QED) is 0.914. The molecule has 0 radical (unpaired) electrons. The number of rotatable bonds is 4. The van der Waals surface area contributed by atoms with Crippen LogP contribution in [-0.2, 0) is 13.1 Å². The van der Waals surface area contributed by atoms with Crippen LogP contribution in [0, 0.1) is 5.82 Å². The van der Waals surface area contributed by atoms with Gasteiger partial charge in [0.05, 0.1) is 0 Å². The molecule has 4 heteroatoms. The van der Waals surface area contributed by atoms with Crippen molar-refractivity contribution in [1.82, 2.24) is 10.2 Å². The van der Waals surface area contributed by atoms with E-state index in [0.717, 1.165) is 36.5 Å². The fourth-order valence-electron chi connectivity index (χ4n) is 2.50. The third-order valence-corrected chi connectivity index (χ3v) is 5.22. The summed E-state index contributed by atoms with van der Waals surface area (Å²) < 4.78 is 13.9. The Morgan fingerprint density at radius 3 is 2.95 bits per heavy atom. The van der Waals surface area contributed by atoms with Gasteiger partial charge in [-0.25, -0.2) is 4.39 Å². The normalized spacial score (nSPS) is 24.6. The minimum atomic E-state index is -0.0852. The Kier molecular flexibility index (Phi) is 5.25. The first kappa shape index (κ1) is 14.8. The summed E-state index contributed by atoms with van der Waals surface area (Å²) in [7, 11) is 1.91. The van der Waals surface area contributed by atoms with E-state index in [2.05, 4.69) is 24.1 Å². The molecular formula is C15H23FN2S. The van der Waals surface area contributed by atoms with Crippen LogP contribution in [0.15, 0.2) is 18.2 Å². The smallest absolute Gasteiger partial charge is 0.127 e. The molecule has 0 bridgehead atoms. The zero-order chi connectivity index (χ0) is 13.8. The molecule has 0 spiro atoms. The van der Waals surface area contributed by atoms with Crippen molar-refractivity contribution < 1.29 is 4.39 Å². The van der Waals surface area contributed by atoms with Gasteiger partial charge in [0.15, 0.2) is 0 Å². The second kappa shape index (κ2) is 6.73.